The van der Waals surface area contributed by atoms with Crippen LogP contribution in [0.4, 0.5) is 0 Å². The van der Waals surface area contributed by atoms with E-state index in [1.807, 2.05) is 12.1 Å². The molecule has 6 nitrogen and oxygen atoms in total. The fourth-order valence-corrected chi connectivity index (χ4v) is 10.2. The maximum atomic E-state index is 12.6. The molecule has 1 aromatic heterocycles. The summed E-state index contributed by atoms with van der Waals surface area (Å²) in [6.45, 7) is 11.2. The first kappa shape index (κ1) is 27.3. The molecule has 1 aliphatic heterocycles. The number of unbranched alkanes of at least 4 members (excludes halogenated alkanes) is 1. The molecule has 0 amide bonds. The summed E-state index contributed by atoms with van der Waals surface area (Å²) in [5.74, 6) is 0.266. The summed E-state index contributed by atoms with van der Waals surface area (Å²) in [7, 11) is -2.70. The van der Waals surface area contributed by atoms with Crippen LogP contribution in [0.15, 0.2) is 76.4 Å². The first-order chi connectivity index (χ1) is 17.7. The summed E-state index contributed by atoms with van der Waals surface area (Å²) in [5, 5.41) is 2.35. The summed E-state index contributed by atoms with van der Waals surface area (Å²) in [6.07, 6.45) is 4.99. The minimum absolute atomic E-state index is 0.125. The second-order valence-corrected chi connectivity index (χ2v) is 15.5. The molecular formula is C30H40N2O4Si. The van der Waals surface area contributed by atoms with Crippen LogP contribution in [0.25, 0.3) is 0 Å². The number of aryl methyl sites for hydroxylation is 1. The van der Waals surface area contributed by atoms with Crippen LogP contribution < -0.4 is 21.6 Å². The number of ether oxygens (including phenoxy) is 1. The zero-order chi connectivity index (χ0) is 26.6. The number of hydrogen-bond acceptors (Lipinski definition) is 4. The lowest BCUT2D eigenvalue weighted by atomic mass is 9.95. The Bertz CT molecular complexity index is 1240. The second-order valence-electron chi connectivity index (χ2n) is 11.2. The summed E-state index contributed by atoms with van der Waals surface area (Å²) in [4.78, 5) is 27.0. The molecule has 0 aliphatic carbocycles. The Kier molecular flexibility index (Phi) is 8.36. The van der Waals surface area contributed by atoms with Crippen molar-refractivity contribution in [3.63, 3.8) is 0 Å². The Morgan fingerprint density at radius 2 is 1.62 bits per heavy atom. The van der Waals surface area contributed by atoms with Crippen molar-refractivity contribution in [2.24, 2.45) is 5.92 Å². The Labute approximate surface area is 220 Å². The fraction of sp³-hybridized carbons (Fsp3) is 0.467. The quantitative estimate of drug-likeness (QED) is 0.421. The molecule has 1 N–H and O–H groups in total. The Balaban J connectivity index is 1.69. The van der Waals surface area contributed by atoms with Crippen molar-refractivity contribution >= 4 is 18.7 Å². The molecule has 37 heavy (non-hydrogen) atoms. The van der Waals surface area contributed by atoms with Gasteiger partial charge in [0.15, 0.2) is 0 Å². The summed E-state index contributed by atoms with van der Waals surface area (Å²) < 4.78 is 15.3. The average Bonchev–Trinajstić information content (AvgIpc) is 3.28. The lowest BCUT2D eigenvalue weighted by Crippen LogP contribution is -2.67. The van der Waals surface area contributed by atoms with Crippen LogP contribution in [0, 0.1) is 12.8 Å². The van der Waals surface area contributed by atoms with Crippen LogP contribution in [0.1, 0.15) is 65.2 Å². The van der Waals surface area contributed by atoms with Crippen LogP contribution in [0.3, 0.4) is 0 Å². The number of rotatable bonds is 9. The third kappa shape index (κ3) is 5.59. The van der Waals surface area contributed by atoms with Gasteiger partial charge in [0.05, 0.1) is 12.7 Å². The van der Waals surface area contributed by atoms with Gasteiger partial charge in [-0.15, -0.1) is 0 Å². The van der Waals surface area contributed by atoms with E-state index in [0.717, 1.165) is 25.7 Å². The van der Waals surface area contributed by atoms with Gasteiger partial charge < -0.3 is 9.16 Å². The zero-order valence-electron chi connectivity index (χ0n) is 22.7. The van der Waals surface area contributed by atoms with E-state index in [0.29, 0.717) is 12.2 Å². The molecule has 2 aromatic carbocycles. The van der Waals surface area contributed by atoms with Gasteiger partial charge in [0.2, 0.25) is 0 Å². The van der Waals surface area contributed by atoms with Crippen molar-refractivity contribution in [3.8, 4) is 0 Å². The van der Waals surface area contributed by atoms with E-state index in [1.165, 1.54) is 10.4 Å². The van der Waals surface area contributed by atoms with Gasteiger partial charge in [0, 0.05) is 11.8 Å². The van der Waals surface area contributed by atoms with E-state index < -0.39 is 20.2 Å². The normalized spacial score (nSPS) is 20.3. The molecule has 4 rings (SSSR count). The first-order valence-electron chi connectivity index (χ1n) is 13.4. The third-order valence-electron chi connectivity index (χ3n) is 7.63. The largest absolute Gasteiger partial charge is 0.405 e. The van der Waals surface area contributed by atoms with Crippen molar-refractivity contribution < 1.29 is 9.16 Å². The van der Waals surface area contributed by atoms with Crippen molar-refractivity contribution in [1.29, 1.82) is 0 Å². The topological polar surface area (TPSA) is 73.3 Å². The van der Waals surface area contributed by atoms with Crippen LogP contribution in [0.5, 0.6) is 0 Å². The number of aromatic amines is 1. The van der Waals surface area contributed by atoms with Gasteiger partial charge in [0.25, 0.3) is 13.9 Å². The summed E-state index contributed by atoms with van der Waals surface area (Å²) in [5.41, 5.74) is -0.280. The van der Waals surface area contributed by atoms with E-state index in [9.17, 15) is 9.59 Å². The predicted octanol–water partition coefficient (Wildman–Crippen LogP) is 4.52. The standard InChI is InChI=1S/C30H40N2O4Si/c1-6-7-14-23-19-27(32-20-22(2)28(33)31-29(32)34)36-26(23)21-35-37(30(3,4)5,24-15-10-8-11-16-24)25-17-12-9-13-18-25/h8-13,15-18,20,23,26-27H,6-7,14,19,21H2,1-5H3,(H,31,33,34)/t23-,26+,27-/m0/s1. The SMILES string of the molecule is CCCC[C@H]1C[C@@H](n2cc(C)c(=O)[nH]c2=O)O[C@@H]1CO[Si](c1ccccc1)(c1ccccc1)C(C)(C)C. The first-order valence-corrected chi connectivity index (χ1v) is 15.3. The summed E-state index contributed by atoms with van der Waals surface area (Å²) >= 11 is 0. The third-order valence-corrected chi connectivity index (χ3v) is 12.6. The van der Waals surface area contributed by atoms with E-state index in [-0.39, 0.29) is 22.6 Å². The lowest BCUT2D eigenvalue weighted by molar-refractivity contribution is -0.0301. The molecule has 7 heteroatoms. The molecule has 0 unspecified atom stereocenters. The van der Waals surface area contributed by atoms with Crippen molar-refractivity contribution in [2.75, 3.05) is 6.61 Å². The van der Waals surface area contributed by atoms with Crippen LogP contribution in [-0.4, -0.2) is 30.6 Å². The lowest BCUT2D eigenvalue weighted by Gasteiger charge is -2.43. The minimum atomic E-state index is -2.70. The maximum absolute atomic E-state index is 12.6. The molecule has 1 saturated heterocycles. The van der Waals surface area contributed by atoms with Crippen LogP contribution in [-0.2, 0) is 9.16 Å². The monoisotopic (exact) mass is 520 g/mol. The maximum Gasteiger partial charge on any atom is 0.330 e. The Hall–Kier alpha value is -2.74. The minimum Gasteiger partial charge on any atom is -0.405 e. The van der Waals surface area contributed by atoms with Gasteiger partial charge in [-0.3, -0.25) is 14.3 Å². The van der Waals surface area contributed by atoms with Gasteiger partial charge in [-0.25, -0.2) is 4.79 Å². The summed E-state index contributed by atoms with van der Waals surface area (Å²) in [6, 6.07) is 21.2. The van der Waals surface area contributed by atoms with E-state index in [4.69, 9.17) is 9.16 Å². The van der Waals surface area contributed by atoms with Crippen molar-refractivity contribution in [3.05, 3.63) is 93.3 Å². The van der Waals surface area contributed by atoms with E-state index in [2.05, 4.69) is 81.2 Å². The molecule has 0 saturated carbocycles. The number of benzene rings is 2. The number of hydrogen-bond donors (Lipinski definition) is 1. The predicted molar refractivity (Wildman–Crippen MR) is 151 cm³/mol. The van der Waals surface area contributed by atoms with Gasteiger partial charge in [0.1, 0.15) is 6.23 Å². The van der Waals surface area contributed by atoms with Crippen LogP contribution in [0.2, 0.25) is 5.04 Å². The molecule has 0 spiro atoms. The number of nitrogens with zero attached hydrogens (tertiary/aromatic N) is 1. The molecule has 2 heterocycles. The highest BCUT2D eigenvalue weighted by molar-refractivity contribution is 6.99. The highest BCUT2D eigenvalue weighted by Crippen LogP contribution is 2.40. The van der Waals surface area contributed by atoms with Crippen molar-refractivity contribution in [2.45, 2.75) is 77.7 Å². The highest BCUT2D eigenvalue weighted by Gasteiger charge is 2.51. The van der Waals surface area contributed by atoms with E-state index >= 15 is 0 Å². The number of H-pyrrole nitrogens is 1. The van der Waals surface area contributed by atoms with Crippen molar-refractivity contribution in [1.82, 2.24) is 9.55 Å². The molecular weight excluding hydrogens is 480 g/mol. The van der Waals surface area contributed by atoms with Gasteiger partial charge >= 0.3 is 5.69 Å². The highest BCUT2D eigenvalue weighted by atomic mass is 28.4. The molecule has 3 atom stereocenters. The van der Waals surface area contributed by atoms with Gasteiger partial charge in [-0.05, 0) is 41.1 Å². The second kappa shape index (κ2) is 11.3. The molecule has 0 radical (unpaired) electrons. The fourth-order valence-electron chi connectivity index (χ4n) is 5.67. The average molecular weight is 521 g/mol. The molecule has 1 aliphatic rings. The number of nitrogens with one attached hydrogen (secondary N) is 1. The molecule has 1 fully saturated rings. The van der Waals surface area contributed by atoms with E-state index in [1.54, 1.807) is 17.7 Å². The Morgan fingerprint density at radius 3 is 2.16 bits per heavy atom. The molecule has 0 bridgehead atoms. The molecule has 3 aromatic rings. The van der Waals surface area contributed by atoms with Crippen LogP contribution >= 0.6 is 0 Å². The smallest absolute Gasteiger partial charge is 0.330 e. The Morgan fingerprint density at radius 1 is 1.03 bits per heavy atom. The number of aromatic nitrogens is 2. The molecule has 198 valence electrons. The van der Waals surface area contributed by atoms with Gasteiger partial charge in [-0.2, -0.15) is 0 Å². The zero-order valence-corrected chi connectivity index (χ0v) is 23.7. The van der Waals surface area contributed by atoms with Gasteiger partial charge in [-0.1, -0.05) is 101 Å².